The van der Waals surface area contributed by atoms with E-state index in [2.05, 4.69) is 15.9 Å². The quantitative estimate of drug-likeness (QED) is 0.784. The van der Waals surface area contributed by atoms with Gasteiger partial charge in [0.1, 0.15) is 11.4 Å². The van der Waals surface area contributed by atoms with Crippen molar-refractivity contribution in [2.24, 2.45) is 0 Å². The molecule has 1 aromatic rings. The van der Waals surface area contributed by atoms with E-state index in [-0.39, 0.29) is 10.6 Å². The average molecular weight is 306 g/mol. The molecular formula is C11H10BrF2NO2. The maximum Gasteiger partial charge on any atom is 0.260 e. The fraction of sp³-hybridized carbons (Fsp3) is 0.364. The van der Waals surface area contributed by atoms with E-state index in [1.54, 1.807) is 0 Å². The highest BCUT2D eigenvalue weighted by molar-refractivity contribution is 9.10. The molecule has 6 heteroatoms. The Kier molecular flexibility index (Phi) is 3.44. The lowest BCUT2D eigenvalue weighted by Crippen LogP contribution is -2.54. The van der Waals surface area contributed by atoms with Crippen LogP contribution in [0.3, 0.4) is 0 Å². The third-order valence-electron chi connectivity index (χ3n) is 2.73. The van der Waals surface area contributed by atoms with Gasteiger partial charge in [0.2, 0.25) is 0 Å². The molecule has 17 heavy (non-hydrogen) atoms. The first kappa shape index (κ1) is 12.4. The molecule has 0 spiro atoms. The highest BCUT2D eigenvalue weighted by Crippen LogP contribution is 2.24. The van der Waals surface area contributed by atoms with Crippen LogP contribution in [0, 0.1) is 11.6 Å². The molecule has 0 radical (unpaired) electrons. The number of ether oxygens (including phenoxy) is 1. The van der Waals surface area contributed by atoms with E-state index in [1.165, 1.54) is 18.1 Å². The van der Waals surface area contributed by atoms with Gasteiger partial charge in [0.05, 0.1) is 10.6 Å². The second-order valence-electron chi connectivity index (χ2n) is 3.79. The summed E-state index contributed by atoms with van der Waals surface area (Å²) in [7, 11) is 1.53. The lowest BCUT2D eigenvalue weighted by molar-refractivity contribution is -0.0196. The molecule has 3 nitrogen and oxygen atoms in total. The van der Waals surface area contributed by atoms with Gasteiger partial charge in [-0.25, -0.2) is 8.78 Å². The van der Waals surface area contributed by atoms with Gasteiger partial charge in [0.15, 0.2) is 5.82 Å². The number of nitrogens with zero attached hydrogens (tertiary/aromatic N) is 1. The number of amides is 1. The van der Waals surface area contributed by atoms with Gasteiger partial charge in [-0.05, 0) is 28.1 Å². The van der Waals surface area contributed by atoms with Crippen LogP contribution in [-0.4, -0.2) is 37.1 Å². The van der Waals surface area contributed by atoms with Gasteiger partial charge in [0, 0.05) is 20.2 Å². The van der Waals surface area contributed by atoms with Crippen LogP contribution < -0.4 is 0 Å². The van der Waals surface area contributed by atoms with Crippen LogP contribution in [0.5, 0.6) is 0 Å². The Morgan fingerprint density at radius 3 is 2.71 bits per heavy atom. The second kappa shape index (κ2) is 4.70. The Morgan fingerprint density at radius 2 is 2.12 bits per heavy atom. The van der Waals surface area contributed by atoms with E-state index in [9.17, 15) is 13.6 Å². The maximum absolute atomic E-state index is 13.6. The van der Waals surface area contributed by atoms with E-state index in [0.717, 1.165) is 6.07 Å². The summed E-state index contributed by atoms with van der Waals surface area (Å²) in [4.78, 5) is 13.2. The van der Waals surface area contributed by atoms with Crippen molar-refractivity contribution in [2.75, 3.05) is 20.2 Å². The average Bonchev–Trinajstić information content (AvgIpc) is 2.23. The fourth-order valence-electron chi connectivity index (χ4n) is 1.63. The number of hydrogen-bond donors (Lipinski definition) is 0. The van der Waals surface area contributed by atoms with Gasteiger partial charge < -0.3 is 9.64 Å². The van der Waals surface area contributed by atoms with Gasteiger partial charge in [-0.1, -0.05) is 0 Å². The van der Waals surface area contributed by atoms with Crippen molar-refractivity contribution >= 4 is 21.8 Å². The normalized spacial score (nSPS) is 15.9. The summed E-state index contributed by atoms with van der Waals surface area (Å²) in [5.74, 6) is -2.36. The van der Waals surface area contributed by atoms with Crippen LogP contribution in [0.25, 0.3) is 0 Å². The summed E-state index contributed by atoms with van der Waals surface area (Å²) >= 11 is 2.93. The largest absolute Gasteiger partial charge is 0.378 e. The van der Waals surface area contributed by atoms with E-state index >= 15 is 0 Å². The van der Waals surface area contributed by atoms with Crippen molar-refractivity contribution in [2.45, 2.75) is 6.10 Å². The predicted octanol–water partition coefficient (Wildman–Crippen LogP) is 2.20. The van der Waals surface area contributed by atoms with Crippen molar-refractivity contribution in [1.29, 1.82) is 0 Å². The standard InChI is InChI=1S/C11H10BrF2NO2/c1-17-6-4-15(5-6)11(16)9-8(13)3-2-7(12)10(9)14/h2-3,6H,4-5H2,1H3. The molecule has 0 aliphatic carbocycles. The third-order valence-corrected chi connectivity index (χ3v) is 3.34. The Morgan fingerprint density at radius 1 is 1.47 bits per heavy atom. The van der Waals surface area contributed by atoms with E-state index in [1.807, 2.05) is 0 Å². The molecule has 0 N–H and O–H groups in total. The highest BCUT2D eigenvalue weighted by Gasteiger charge is 2.34. The summed E-state index contributed by atoms with van der Waals surface area (Å²) < 4.78 is 32.2. The molecule has 0 aromatic heterocycles. The monoisotopic (exact) mass is 305 g/mol. The molecule has 1 heterocycles. The molecular weight excluding hydrogens is 296 g/mol. The summed E-state index contributed by atoms with van der Waals surface area (Å²) in [5, 5.41) is 0. The topological polar surface area (TPSA) is 29.5 Å². The zero-order chi connectivity index (χ0) is 12.6. The molecule has 1 aliphatic rings. The van der Waals surface area contributed by atoms with Crippen LogP contribution in [0.2, 0.25) is 0 Å². The number of likely N-dealkylation sites (tertiary alicyclic amines) is 1. The lowest BCUT2D eigenvalue weighted by atomic mass is 10.1. The number of carbonyl (C=O) groups excluding carboxylic acids is 1. The van der Waals surface area contributed by atoms with Gasteiger partial charge in [0.25, 0.3) is 5.91 Å². The predicted molar refractivity (Wildman–Crippen MR) is 60.8 cm³/mol. The summed E-state index contributed by atoms with van der Waals surface area (Å²) in [6.45, 7) is 0.724. The Bertz CT molecular complexity index is 461. The Labute approximate surface area is 105 Å². The molecule has 0 atom stereocenters. The molecule has 0 bridgehead atoms. The van der Waals surface area contributed by atoms with Crippen molar-refractivity contribution < 1.29 is 18.3 Å². The first-order valence-electron chi connectivity index (χ1n) is 5.00. The first-order chi connectivity index (χ1) is 8.04. The van der Waals surface area contributed by atoms with Crippen LogP contribution in [0.4, 0.5) is 8.78 Å². The number of hydrogen-bond acceptors (Lipinski definition) is 2. The second-order valence-corrected chi connectivity index (χ2v) is 4.64. The van der Waals surface area contributed by atoms with E-state index in [0.29, 0.717) is 13.1 Å². The van der Waals surface area contributed by atoms with Crippen molar-refractivity contribution in [1.82, 2.24) is 4.90 Å². The number of carbonyl (C=O) groups is 1. The smallest absolute Gasteiger partial charge is 0.260 e. The molecule has 0 saturated carbocycles. The molecule has 1 aromatic carbocycles. The minimum Gasteiger partial charge on any atom is -0.378 e. The van der Waals surface area contributed by atoms with Crippen LogP contribution >= 0.6 is 15.9 Å². The maximum atomic E-state index is 13.6. The molecule has 1 amide bonds. The Hall–Kier alpha value is -1.01. The molecule has 1 aliphatic heterocycles. The van der Waals surface area contributed by atoms with Crippen molar-refractivity contribution in [3.63, 3.8) is 0 Å². The molecule has 0 unspecified atom stereocenters. The number of halogens is 3. The zero-order valence-electron chi connectivity index (χ0n) is 9.04. The van der Waals surface area contributed by atoms with Gasteiger partial charge in [-0.2, -0.15) is 0 Å². The van der Waals surface area contributed by atoms with Crippen molar-refractivity contribution in [3.05, 3.63) is 33.8 Å². The summed E-state index contributed by atoms with van der Waals surface area (Å²) in [6, 6.07) is 2.30. The van der Waals surface area contributed by atoms with Crippen LogP contribution in [0.1, 0.15) is 10.4 Å². The van der Waals surface area contributed by atoms with E-state index in [4.69, 9.17) is 4.74 Å². The number of methoxy groups -OCH3 is 1. The van der Waals surface area contributed by atoms with E-state index < -0.39 is 23.1 Å². The fourth-order valence-corrected chi connectivity index (χ4v) is 1.96. The minimum absolute atomic E-state index is 0.0442. The van der Waals surface area contributed by atoms with Gasteiger partial charge in [-0.3, -0.25) is 4.79 Å². The zero-order valence-corrected chi connectivity index (χ0v) is 10.6. The van der Waals surface area contributed by atoms with Crippen molar-refractivity contribution in [3.8, 4) is 0 Å². The third kappa shape index (κ3) is 2.19. The molecule has 1 fully saturated rings. The SMILES string of the molecule is COC1CN(C(=O)c2c(F)ccc(Br)c2F)C1. The highest BCUT2D eigenvalue weighted by atomic mass is 79.9. The van der Waals surface area contributed by atoms with Crippen LogP contribution in [0.15, 0.2) is 16.6 Å². The molecule has 1 saturated heterocycles. The van der Waals surface area contributed by atoms with Gasteiger partial charge in [-0.15, -0.1) is 0 Å². The lowest BCUT2D eigenvalue weighted by Gasteiger charge is -2.38. The molecule has 92 valence electrons. The number of benzene rings is 1. The summed E-state index contributed by atoms with van der Waals surface area (Å²) in [6.07, 6.45) is -0.0442. The number of rotatable bonds is 2. The molecule has 2 rings (SSSR count). The summed E-state index contributed by atoms with van der Waals surface area (Å²) in [5.41, 5.74) is -0.520. The van der Waals surface area contributed by atoms with Crippen LogP contribution in [-0.2, 0) is 4.74 Å². The minimum atomic E-state index is -0.865. The first-order valence-corrected chi connectivity index (χ1v) is 5.79. The Balaban J connectivity index is 2.23. The van der Waals surface area contributed by atoms with Gasteiger partial charge >= 0.3 is 0 Å².